The van der Waals surface area contributed by atoms with Crippen LogP contribution in [0.25, 0.3) is 0 Å². The van der Waals surface area contributed by atoms with Gasteiger partial charge in [0.1, 0.15) is 18.6 Å². The van der Waals surface area contributed by atoms with E-state index in [4.69, 9.17) is 15.9 Å². The van der Waals surface area contributed by atoms with Crippen molar-refractivity contribution >= 4 is 47.9 Å². The van der Waals surface area contributed by atoms with Gasteiger partial charge in [-0.2, -0.15) is 12.6 Å². The van der Waals surface area contributed by atoms with E-state index in [0.717, 1.165) is 0 Å². The summed E-state index contributed by atoms with van der Waals surface area (Å²) in [6.45, 7) is -0.567. The first-order chi connectivity index (χ1) is 13.1. The van der Waals surface area contributed by atoms with E-state index in [1.54, 1.807) is 0 Å². The van der Waals surface area contributed by atoms with Gasteiger partial charge < -0.3 is 26.6 Å². The standard InChI is InChI=1S/C10H17N3O6S.C6H4O2/c11-5(10(18)19)1-2-7(14)13-6(4-20)9(17)12-3-8(15)16;7-5-1-2-6(8)4-3-5/h5-6,20H,1-4,11H2,(H,12,17)(H,13,14)(H,15,16)(H,18,19);1-4H/t5-,6-;/m0./s1. The fourth-order valence-electron chi connectivity index (χ4n) is 1.60. The van der Waals surface area contributed by atoms with E-state index < -0.39 is 42.4 Å². The molecule has 6 N–H and O–H groups in total. The summed E-state index contributed by atoms with van der Waals surface area (Å²) in [7, 11) is 0. The van der Waals surface area contributed by atoms with Crippen LogP contribution in [-0.4, -0.2) is 69.9 Å². The molecule has 154 valence electrons. The highest BCUT2D eigenvalue weighted by Crippen LogP contribution is 1.97. The third-order valence-electron chi connectivity index (χ3n) is 3.07. The van der Waals surface area contributed by atoms with Crippen molar-refractivity contribution in [1.82, 2.24) is 10.6 Å². The summed E-state index contributed by atoms with van der Waals surface area (Å²) in [5.74, 6) is -3.95. The molecule has 2 amide bonds. The summed E-state index contributed by atoms with van der Waals surface area (Å²) in [5.41, 5.74) is 5.23. The molecule has 1 rings (SSSR count). The number of carbonyl (C=O) groups excluding carboxylic acids is 4. The van der Waals surface area contributed by atoms with Crippen LogP contribution in [0, 0.1) is 0 Å². The number of aliphatic carboxylic acids is 2. The lowest BCUT2D eigenvalue weighted by atomic mass is 10.1. The third kappa shape index (κ3) is 11.6. The normalized spacial score (nSPS) is 14.4. The zero-order chi connectivity index (χ0) is 21.7. The quantitative estimate of drug-likeness (QED) is 0.183. The zero-order valence-corrected chi connectivity index (χ0v) is 15.6. The van der Waals surface area contributed by atoms with Crippen LogP contribution in [0.3, 0.4) is 0 Å². The predicted molar refractivity (Wildman–Crippen MR) is 99.6 cm³/mol. The molecule has 0 aromatic carbocycles. The average molecular weight is 415 g/mol. The van der Waals surface area contributed by atoms with Gasteiger partial charge in [0.2, 0.25) is 11.8 Å². The van der Waals surface area contributed by atoms with Crippen LogP contribution in [0.2, 0.25) is 0 Å². The first-order valence-corrected chi connectivity index (χ1v) is 8.52. The molecule has 28 heavy (non-hydrogen) atoms. The van der Waals surface area contributed by atoms with E-state index in [9.17, 15) is 28.8 Å². The summed E-state index contributed by atoms with van der Waals surface area (Å²) >= 11 is 3.87. The number of ketones is 2. The Labute approximate surface area is 165 Å². The number of hydrogen-bond acceptors (Lipinski definition) is 8. The van der Waals surface area contributed by atoms with Gasteiger partial charge in [0.25, 0.3) is 0 Å². The lowest BCUT2D eigenvalue weighted by molar-refractivity contribution is -0.139. The van der Waals surface area contributed by atoms with Gasteiger partial charge >= 0.3 is 11.9 Å². The third-order valence-corrected chi connectivity index (χ3v) is 3.44. The van der Waals surface area contributed by atoms with E-state index in [2.05, 4.69) is 23.3 Å². The highest BCUT2D eigenvalue weighted by Gasteiger charge is 2.20. The number of carbonyl (C=O) groups is 6. The second-order valence-electron chi connectivity index (χ2n) is 5.37. The second kappa shape index (κ2) is 13.2. The van der Waals surface area contributed by atoms with Crippen molar-refractivity contribution in [2.75, 3.05) is 12.3 Å². The zero-order valence-electron chi connectivity index (χ0n) is 14.7. The molecule has 0 fully saturated rings. The molecule has 2 atom stereocenters. The van der Waals surface area contributed by atoms with Gasteiger partial charge in [-0.15, -0.1) is 0 Å². The molecule has 0 unspecified atom stereocenters. The number of allylic oxidation sites excluding steroid dienone is 4. The van der Waals surface area contributed by atoms with Crippen molar-refractivity contribution in [3.8, 4) is 0 Å². The highest BCUT2D eigenvalue weighted by molar-refractivity contribution is 7.80. The van der Waals surface area contributed by atoms with Crippen LogP contribution < -0.4 is 16.4 Å². The van der Waals surface area contributed by atoms with Crippen LogP contribution >= 0.6 is 12.6 Å². The maximum Gasteiger partial charge on any atom is 0.322 e. The number of carboxylic acid groups (broad SMARTS) is 2. The van der Waals surface area contributed by atoms with E-state index in [1.807, 2.05) is 0 Å². The maximum absolute atomic E-state index is 11.5. The summed E-state index contributed by atoms with van der Waals surface area (Å²) in [6.07, 6.45) is 4.77. The van der Waals surface area contributed by atoms with Gasteiger partial charge in [-0.1, -0.05) is 0 Å². The molecule has 0 heterocycles. The molecular formula is C16H21N3O8S. The van der Waals surface area contributed by atoms with Gasteiger partial charge in [-0.25, -0.2) is 0 Å². The first kappa shape index (κ1) is 25.0. The summed E-state index contributed by atoms with van der Waals surface area (Å²) < 4.78 is 0. The Balaban J connectivity index is 0.000000749. The molecule has 0 saturated heterocycles. The van der Waals surface area contributed by atoms with Crippen LogP contribution in [-0.2, 0) is 28.8 Å². The maximum atomic E-state index is 11.5. The van der Waals surface area contributed by atoms with Crippen molar-refractivity contribution in [3.05, 3.63) is 24.3 Å². The minimum atomic E-state index is -1.22. The minimum Gasteiger partial charge on any atom is -0.480 e. The monoisotopic (exact) mass is 415 g/mol. The van der Waals surface area contributed by atoms with Crippen LogP contribution in [0.4, 0.5) is 0 Å². The van der Waals surface area contributed by atoms with Crippen molar-refractivity contribution in [2.45, 2.75) is 24.9 Å². The van der Waals surface area contributed by atoms with E-state index in [1.165, 1.54) is 24.3 Å². The van der Waals surface area contributed by atoms with Gasteiger partial charge in [0.05, 0.1) is 0 Å². The number of rotatable bonds is 9. The molecule has 12 heteroatoms. The Kier molecular flexibility index (Phi) is 11.8. The first-order valence-electron chi connectivity index (χ1n) is 7.89. The lowest BCUT2D eigenvalue weighted by Crippen LogP contribution is -2.49. The van der Waals surface area contributed by atoms with Crippen molar-refractivity contribution < 1.29 is 39.0 Å². The molecule has 0 bridgehead atoms. The Hall–Kier alpha value is -2.99. The molecule has 0 aromatic rings. The molecule has 0 radical (unpaired) electrons. The molecular weight excluding hydrogens is 394 g/mol. The Morgan fingerprint density at radius 3 is 1.93 bits per heavy atom. The highest BCUT2D eigenvalue weighted by atomic mass is 32.1. The molecule has 1 aliphatic carbocycles. The summed E-state index contributed by atoms with van der Waals surface area (Å²) in [4.78, 5) is 64.3. The topological polar surface area (TPSA) is 193 Å². The Morgan fingerprint density at radius 1 is 1.04 bits per heavy atom. The molecule has 0 aromatic heterocycles. The van der Waals surface area contributed by atoms with Crippen LogP contribution in [0.15, 0.2) is 24.3 Å². The summed E-state index contributed by atoms with van der Waals surface area (Å²) in [6, 6.07) is -2.15. The van der Waals surface area contributed by atoms with Crippen molar-refractivity contribution in [2.24, 2.45) is 5.73 Å². The Bertz CT molecular complexity index is 651. The van der Waals surface area contributed by atoms with E-state index in [0.29, 0.717) is 0 Å². The molecule has 1 aliphatic rings. The van der Waals surface area contributed by atoms with Gasteiger partial charge in [-0.05, 0) is 30.7 Å². The number of carboxylic acids is 2. The Morgan fingerprint density at radius 2 is 1.54 bits per heavy atom. The van der Waals surface area contributed by atoms with Gasteiger partial charge in [-0.3, -0.25) is 28.8 Å². The largest absolute Gasteiger partial charge is 0.480 e. The van der Waals surface area contributed by atoms with E-state index in [-0.39, 0.29) is 30.2 Å². The number of hydrogen-bond donors (Lipinski definition) is 6. The van der Waals surface area contributed by atoms with Crippen molar-refractivity contribution in [1.29, 1.82) is 0 Å². The molecule has 0 spiro atoms. The van der Waals surface area contributed by atoms with Gasteiger partial charge in [0, 0.05) is 12.2 Å². The number of amides is 2. The lowest BCUT2D eigenvalue weighted by Gasteiger charge is -2.16. The SMILES string of the molecule is N[C@@H](CCC(=O)N[C@@H](CS)C(=O)NCC(=O)O)C(=O)O.O=C1C=CC(=O)C=C1. The predicted octanol–water partition coefficient (Wildman–Crippen LogP) is -1.96. The van der Waals surface area contributed by atoms with Crippen LogP contribution in [0.5, 0.6) is 0 Å². The van der Waals surface area contributed by atoms with Crippen LogP contribution in [0.1, 0.15) is 12.8 Å². The number of nitrogens with one attached hydrogen (secondary N) is 2. The molecule has 0 saturated carbocycles. The average Bonchev–Trinajstić information content (AvgIpc) is 2.64. The second-order valence-corrected chi connectivity index (χ2v) is 5.73. The molecule has 0 aliphatic heterocycles. The van der Waals surface area contributed by atoms with E-state index >= 15 is 0 Å². The fourth-order valence-corrected chi connectivity index (χ4v) is 1.85. The minimum absolute atomic E-state index is 0.0256. The number of nitrogens with two attached hydrogens (primary N) is 1. The molecule has 11 nitrogen and oxygen atoms in total. The fraction of sp³-hybridized carbons (Fsp3) is 0.375. The smallest absolute Gasteiger partial charge is 0.322 e. The number of thiol groups is 1. The summed E-state index contributed by atoms with van der Waals surface area (Å²) in [5, 5.41) is 21.4. The van der Waals surface area contributed by atoms with Crippen molar-refractivity contribution in [3.63, 3.8) is 0 Å². The van der Waals surface area contributed by atoms with Gasteiger partial charge in [0.15, 0.2) is 11.6 Å².